The summed E-state index contributed by atoms with van der Waals surface area (Å²) >= 11 is 1.65. The van der Waals surface area contributed by atoms with Crippen molar-refractivity contribution in [2.24, 2.45) is 5.73 Å². The molecule has 0 unspecified atom stereocenters. The second-order valence-corrected chi connectivity index (χ2v) is 5.31. The van der Waals surface area contributed by atoms with Crippen LogP contribution in [0.3, 0.4) is 0 Å². The first-order valence-electron chi connectivity index (χ1n) is 6.50. The quantitative estimate of drug-likeness (QED) is 0.851. The number of carbonyl (C=O) groups excluding carboxylic acids is 1. The Kier molecular flexibility index (Phi) is 5.50. The van der Waals surface area contributed by atoms with Gasteiger partial charge < -0.3 is 11.1 Å². The van der Waals surface area contributed by atoms with E-state index >= 15 is 0 Å². The number of amides is 1. The molecule has 1 amide bonds. The highest BCUT2D eigenvalue weighted by molar-refractivity contribution is 7.09. The number of rotatable bonds is 4. The fourth-order valence-electron chi connectivity index (χ4n) is 1.81. The third-order valence-corrected chi connectivity index (χ3v) is 3.72. The smallest absolute Gasteiger partial charge is 0.252 e. The third-order valence-electron chi connectivity index (χ3n) is 2.79. The third kappa shape index (κ3) is 4.42. The molecule has 108 valence electrons. The molecule has 0 spiro atoms. The van der Waals surface area contributed by atoms with E-state index in [0.29, 0.717) is 17.7 Å². The van der Waals surface area contributed by atoms with Gasteiger partial charge in [-0.05, 0) is 36.1 Å². The molecule has 0 aliphatic rings. The van der Waals surface area contributed by atoms with E-state index in [1.165, 1.54) is 23.1 Å². The molecular formula is C16H15FN2OS. The molecule has 0 aliphatic heterocycles. The molecule has 0 aliphatic carbocycles. The van der Waals surface area contributed by atoms with Gasteiger partial charge in [0.25, 0.3) is 5.91 Å². The predicted octanol–water partition coefficient (Wildman–Crippen LogP) is 2.17. The molecule has 2 rings (SSSR count). The predicted molar refractivity (Wildman–Crippen MR) is 82.7 cm³/mol. The number of thiophene rings is 1. The average molecular weight is 302 g/mol. The highest BCUT2D eigenvalue weighted by atomic mass is 32.1. The van der Waals surface area contributed by atoms with Gasteiger partial charge in [-0.25, -0.2) is 4.39 Å². The van der Waals surface area contributed by atoms with Gasteiger partial charge in [-0.2, -0.15) is 0 Å². The summed E-state index contributed by atoms with van der Waals surface area (Å²) in [6.45, 7) is 0.691. The molecule has 1 heterocycles. The van der Waals surface area contributed by atoms with Crippen LogP contribution in [-0.2, 0) is 6.42 Å². The Morgan fingerprint density at radius 2 is 2.24 bits per heavy atom. The molecule has 5 heteroatoms. The van der Waals surface area contributed by atoms with Crippen molar-refractivity contribution < 1.29 is 9.18 Å². The summed E-state index contributed by atoms with van der Waals surface area (Å²) in [4.78, 5) is 13.3. The van der Waals surface area contributed by atoms with Crippen molar-refractivity contribution in [3.63, 3.8) is 0 Å². The molecule has 0 saturated heterocycles. The molecule has 1 aromatic heterocycles. The fraction of sp³-hybridized carbons (Fsp3) is 0.188. The molecule has 1 aromatic carbocycles. The van der Waals surface area contributed by atoms with E-state index in [4.69, 9.17) is 5.73 Å². The first-order chi connectivity index (χ1) is 10.2. The van der Waals surface area contributed by atoms with Crippen LogP contribution in [-0.4, -0.2) is 19.0 Å². The number of hydrogen-bond acceptors (Lipinski definition) is 3. The van der Waals surface area contributed by atoms with Gasteiger partial charge in [0.1, 0.15) is 5.82 Å². The zero-order valence-electron chi connectivity index (χ0n) is 11.4. The minimum atomic E-state index is -0.425. The maximum atomic E-state index is 13.2. The van der Waals surface area contributed by atoms with Crippen molar-refractivity contribution in [2.45, 2.75) is 6.42 Å². The summed E-state index contributed by atoms with van der Waals surface area (Å²) in [6, 6.07) is 7.93. The van der Waals surface area contributed by atoms with Crippen LogP contribution in [0.5, 0.6) is 0 Å². The van der Waals surface area contributed by atoms with Crippen molar-refractivity contribution in [1.29, 1.82) is 0 Å². The first kappa shape index (κ1) is 15.2. The maximum absolute atomic E-state index is 13.2. The van der Waals surface area contributed by atoms with Crippen molar-refractivity contribution in [3.8, 4) is 11.8 Å². The first-order valence-corrected chi connectivity index (χ1v) is 7.37. The molecule has 3 nitrogen and oxygen atoms in total. The highest BCUT2D eigenvalue weighted by Crippen LogP contribution is 2.11. The topological polar surface area (TPSA) is 55.1 Å². The van der Waals surface area contributed by atoms with Crippen LogP contribution in [0.1, 0.15) is 20.8 Å². The largest absolute Gasteiger partial charge is 0.352 e. The van der Waals surface area contributed by atoms with Crippen LogP contribution < -0.4 is 11.1 Å². The number of hydrogen-bond donors (Lipinski definition) is 2. The Bertz CT molecular complexity index is 671. The van der Waals surface area contributed by atoms with Gasteiger partial charge in [-0.3, -0.25) is 4.79 Å². The molecule has 0 saturated carbocycles. The SMILES string of the molecule is NCC#Cc1cc(F)ccc1C(=O)NCCc1cccs1. The second-order valence-electron chi connectivity index (χ2n) is 4.28. The van der Waals surface area contributed by atoms with Crippen LogP contribution in [0, 0.1) is 17.7 Å². The van der Waals surface area contributed by atoms with Crippen molar-refractivity contribution in [2.75, 3.05) is 13.1 Å². The van der Waals surface area contributed by atoms with Crippen LogP contribution in [0.15, 0.2) is 35.7 Å². The monoisotopic (exact) mass is 302 g/mol. The lowest BCUT2D eigenvalue weighted by molar-refractivity contribution is 0.0954. The Labute approximate surface area is 127 Å². The van der Waals surface area contributed by atoms with Crippen molar-refractivity contribution >= 4 is 17.2 Å². The molecule has 3 N–H and O–H groups in total. The van der Waals surface area contributed by atoms with E-state index in [-0.39, 0.29) is 12.5 Å². The van der Waals surface area contributed by atoms with Crippen molar-refractivity contribution in [1.82, 2.24) is 5.32 Å². The van der Waals surface area contributed by atoms with Gasteiger partial charge in [0, 0.05) is 17.0 Å². The molecule has 2 aromatic rings. The van der Waals surface area contributed by atoms with E-state index in [1.807, 2.05) is 17.5 Å². The minimum absolute atomic E-state index is 0.163. The number of nitrogens with two attached hydrogens (primary N) is 1. The summed E-state index contributed by atoms with van der Waals surface area (Å²) in [6.07, 6.45) is 0.772. The van der Waals surface area contributed by atoms with E-state index in [2.05, 4.69) is 17.2 Å². The van der Waals surface area contributed by atoms with Gasteiger partial charge in [0.15, 0.2) is 0 Å². The van der Waals surface area contributed by atoms with Gasteiger partial charge in [0.2, 0.25) is 0 Å². The van der Waals surface area contributed by atoms with Crippen LogP contribution in [0.4, 0.5) is 4.39 Å². The molecule has 0 bridgehead atoms. The zero-order chi connectivity index (χ0) is 15.1. The summed E-state index contributed by atoms with van der Waals surface area (Å²) in [7, 11) is 0. The lowest BCUT2D eigenvalue weighted by Gasteiger charge is -2.06. The Balaban J connectivity index is 2.04. The van der Waals surface area contributed by atoms with Gasteiger partial charge >= 0.3 is 0 Å². The Morgan fingerprint density at radius 1 is 1.38 bits per heavy atom. The number of nitrogens with one attached hydrogen (secondary N) is 1. The van der Waals surface area contributed by atoms with Gasteiger partial charge in [-0.15, -0.1) is 11.3 Å². The van der Waals surface area contributed by atoms with Crippen LogP contribution in [0.25, 0.3) is 0 Å². The number of halogens is 1. The highest BCUT2D eigenvalue weighted by Gasteiger charge is 2.10. The summed E-state index contributed by atoms with van der Waals surface area (Å²) in [5.74, 6) is 4.68. The molecule has 0 radical (unpaired) electrons. The average Bonchev–Trinajstić information content (AvgIpc) is 2.98. The molecular weight excluding hydrogens is 287 g/mol. The second kappa shape index (κ2) is 7.58. The molecule has 0 atom stereocenters. The maximum Gasteiger partial charge on any atom is 0.252 e. The van der Waals surface area contributed by atoms with Gasteiger partial charge in [0.05, 0.1) is 12.1 Å². The lowest BCUT2D eigenvalue weighted by Crippen LogP contribution is -2.26. The normalized spacial score (nSPS) is 9.81. The van der Waals surface area contributed by atoms with Gasteiger partial charge in [-0.1, -0.05) is 17.9 Å². The van der Waals surface area contributed by atoms with E-state index < -0.39 is 5.82 Å². The number of benzene rings is 1. The van der Waals surface area contributed by atoms with E-state index in [0.717, 1.165) is 6.42 Å². The van der Waals surface area contributed by atoms with Crippen LogP contribution in [0.2, 0.25) is 0 Å². The minimum Gasteiger partial charge on any atom is -0.352 e. The van der Waals surface area contributed by atoms with E-state index in [9.17, 15) is 9.18 Å². The molecule has 21 heavy (non-hydrogen) atoms. The summed E-state index contributed by atoms with van der Waals surface area (Å²) < 4.78 is 13.2. The zero-order valence-corrected chi connectivity index (χ0v) is 12.2. The summed E-state index contributed by atoms with van der Waals surface area (Å²) in [5.41, 5.74) is 6.03. The summed E-state index contributed by atoms with van der Waals surface area (Å²) in [5, 5.41) is 4.82. The fourth-order valence-corrected chi connectivity index (χ4v) is 2.52. The van der Waals surface area contributed by atoms with Crippen molar-refractivity contribution in [3.05, 3.63) is 57.5 Å². The standard InChI is InChI=1S/C16H15FN2OS/c17-13-5-6-15(12(11-13)3-1-8-18)16(20)19-9-7-14-4-2-10-21-14/h2,4-6,10-11H,7-9,18H2,(H,19,20). The lowest BCUT2D eigenvalue weighted by atomic mass is 10.1. The Hall–Kier alpha value is -2.16. The van der Waals surface area contributed by atoms with Crippen LogP contribution >= 0.6 is 11.3 Å². The molecule has 0 fully saturated rings. The Morgan fingerprint density at radius 3 is 2.95 bits per heavy atom. The number of carbonyl (C=O) groups is 1. The van der Waals surface area contributed by atoms with E-state index in [1.54, 1.807) is 11.3 Å².